The maximum Gasteiger partial charge on any atom is 0.397 e. The first-order valence-electron chi connectivity index (χ1n) is 10.4. The van der Waals surface area contributed by atoms with Crippen LogP contribution in [0.5, 0.6) is 0 Å². The first kappa shape index (κ1) is 19.5. The van der Waals surface area contributed by atoms with Crippen molar-refractivity contribution in [3.05, 3.63) is 47.8 Å². The number of pyridine rings is 1. The summed E-state index contributed by atoms with van der Waals surface area (Å²) in [6, 6.07) is 8.92. The average Bonchev–Trinajstić information content (AvgIpc) is 3.06. The van der Waals surface area contributed by atoms with E-state index in [0.717, 1.165) is 13.1 Å². The second-order valence-corrected chi connectivity index (χ2v) is 9.20. The van der Waals surface area contributed by atoms with E-state index in [9.17, 15) is 18.4 Å². The van der Waals surface area contributed by atoms with Crippen molar-refractivity contribution in [3.8, 4) is 6.07 Å². The first-order valence-corrected chi connectivity index (χ1v) is 10.4. The Kier molecular flexibility index (Phi) is 3.77. The Hall–Kier alpha value is -3.19. The van der Waals surface area contributed by atoms with Gasteiger partial charge in [0.1, 0.15) is 11.5 Å². The molecule has 0 unspecified atom stereocenters. The fourth-order valence-electron chi connectivity index (χ4n) is 5.54. The van der Waals surface area contributed by atoms with Crippen LogP contribution in [0.15, 0.2) is 34.9 Å². The van der Waals surface area contributed by atoms with Crippen LogP contribution < -0.4 is 4.90 Å². The molecule has 0 amide bonds. The smallest absolute Gasteiger partial charge is 0.397 e. The molecule has 164 valence electrons. The van der Waals surface area contributed by atoms with E-state index in [-0.39, 0.29) is 31.3 Å². The number of halogens is 3. The van der Waals surface area contributed by atoms with Gasteiger partial charge in [0.15, 0.2) is 0 Å². The van der Waals surface area contributed by atoms with Crippen LogP contribution in [-0.2, 0) is 5.41 Å². The van der Waals surface area contributed by atoms with E-state index in [4.69, 9.17) is 4.42 Å². The van der Waals surface area contributed by atoms with E-state index < -0.39 is 17.0 Å². The fourth-order valence-corrected chi connectivity index (χ4v) is 5.54. The zero-order chi connectivity index (χ0) is 22.3. The maximum atomic E-state index is 14.4. The molecule has 0 radical (unpaired) electrons. The summed E-state index contributed by atoms with van der Waals surface area (Å²) < 4.78 is 48.9. The third-order valence-electron chi connectivity index (χ3n) is 7.33. The van der Waals surface area contributed by atoms with Crippen LogP contribution in [0, 0.1) is 16.7 Å². The molecule has 4 heterocycles. The van der Waals surface area contributed by atoms with Crippen molar-refractivity contribution in [2.45, 2.75) is 23.9 Å². The first-order chi connectivity index (χ1) is 15.3. The zero-order valence-corrected chi connectivity index (χ0v) is 17.2. The Morgan fingerprint density at radius 1 is 1.19 bits per heavy atom. The largest absolute Gasteiger partial charge is 0.424 e. The molecule has 2 atom stereocenters. The predicted octanol–water partition coefficient (Wildman–Crippen LogP) is 3.23. The van der Waals surface area contributed by atoms with Gasteiger partial charge in [-0.2, -0.15) is 18.4 Å². The standard InChI is InChI=1S/C22H19F3N6O/c1-30-8-14(9-30)18-28-29-19(32-18)20-10-21(20,22(23,24)25)12-31(11-20)16-5-4-13(7-26)17-15(16)3-2-6-27-17/h2-6,14H,8-12H2,1H3/t20-,21-/m0/s1. The molecule has 0 bridgehead atoms. The Bertz CT molecular complexity index is 1280. The third kappa shape index (κ3) is 2.43. The molecule has 3 aromatic rings. The summed E-state index contributed by atoms with van der Waals surface area (Å²) in [5.74, 6) is 0.572. The van der Waals surface area contributed by atoms with Crippen LogP contribution >= 0.6 is 0 Å². The van der Waals surface area contributed by atoms with Crippen molar-refractivity contribution in [2.24, 2.45) is 5.41 Å². The summed E-state index contributed by atoms with van der Waals surface area (Å²) in [4.78, 5) is 8.10. The van der Waals surface area contributed by atoms with Crippen molar-refractivity contribution in [2.75, 3.05) is 38.1 Å². The van der Waals surface area contributed by atoms with Gasteiger partial charge in [-0.25, -0.2) is 0 Å². The van der Waals surface area contributed by atoms with Gasteiger partial charge in [-0.15, -0.1) is 10.2 Å². The second kappa shape index (κ2) is 6.19. The molecule has 7 nitrogen and oxygen atoms in total. The van der Waals surface area contributed by atoms with E-state index >= 15 is 0 Å². The number of fused-ring (bicyclic) bond motifs is 2. The molecule has 2 aromatic heterocycles. The lowest BCUT2D eigenvalue weighted by molar-refractivity contribution is -0.187. The van der Waals surface area contributed by atoms with Crippen molar-refractivity contribution in [1.82, 2.24) is 20.1 Å². The van der Waals surface area contributed by atoms with Gasteiger partial charge in [-0.05, 0) is 37.7 Å². The van der Waals surface area contributed by atoms with Crippen LogP contribution in [0.4, 0.5) is 18.9 Å². The number of hydrogen-bond donors (Lipinski definition) is 0. The van der Waals surface area contributed by atoms with E-state index in [2.05, 4.69) is 26.2 Å². The van der Waals surface area contributed by atoms with E-state index in [0.29, 0.717) is 28.0 Å². The van der Waals surface area contributed by atoms with Gasteiger partial charge in [0, 0.05) is 43.4 Å². The number of alkyl halides is 3. The van der Waals surface area contributed by atoms with Crippen LogP contribution in [-0.4, -0.2) is 59.5 Å². The van der Waals surface area contributed by atoms with Crippen molar-refractivity contribution >= 4 is 16.6 Å². The minimum absolute atomic E-state index is 0.0569. The molecule has 6 rings (SSSR count). The van der Waals surface area contributed by atoms with Crippen molar-refractivity contribution < 1.29 is 17.6 Å². The molecular weight excluding hydrogens is 421 g/mol. The van der Waals surface area contributed by atoms with Gasteiger partial charge in [0.05, 0.1) is 22.4 Å². The van der Waals surface area contributed by atoms with Gasteiger partial charge < -0.3 is 14.2 Å². The molecular formula is C22H19F3N6O. The monoisotopic (exact) mass is 440 g/mol. The molecule has 1 aliphatic carbocycles. The molecule has 3 aliphatic rings. The average molecular weight is 440 g/mol. The second-order valence-electron chi connectivity index (χ2n) is 9.20. The van der Waals surface area contributed by atoms with Crippen molar-refractivity contribution in [1.29, 1.82) is 5.26 Å². The summed E-state index contributed by atoms with van der Waals surface area (Å²) in [6.07, 6.45) is -2.89. The highest BCUT2D eigenvalue weighted by Gasteiger charge is 2.86. The topological polar surface area (TPSA) is 82.1 Å². The van der Waals surface area contributed by atoms with Crippen molar-refractivity contribution in [3.63, 3.8) is 0 Å². The number of anilines is 1. The van der Waals surface area contributed by atoms with Gasteiger partial charge in [-0.3, -0.25) is 4.98 Å². The number of nitriles is 1. The minimum Gasteiger partial charge on any atom is -0.424 e. The number of hydrogen-bond acceptors (Lipinski definition) is 7. The number of rotatable bonds is 3. The zero-order valence-electron chi connectivity index (χ0n) is 17.2. The molecule has 1 aromatic carbocycles. The summed E-state index contributed by atoms with van der Waals surface area (Å²) >= 11 is 0. The molecule has 0 N–H and O–H groups in total. The molecule has 3 fully saturated rings. The summed E-state index contributed by atoms with van der Waals surface area (Å²) in [7, 11) is 1.97. The lowest BCUT2D eigenvalue weighted by atomic mass is 9.95. The number of likely N-dealkylation sites (tertiary alicyclic amines) is 1. The third-order valence-corrected chi connectivity index (χ3v) is 7.33. The van der Waals surface area contributed by atoms with Crippen LogP contribution in [0.2, 0.25) is 0 Å². The number of benzene rings is 1. The Morgan fingerprint density at radius 3 is 2.72 bits per heavy atom. The Labute approximate surface area is 181 Å². The normalized spacial score (nSPS) is 27.9. The molecule has 0 spiro atoms. The SMILES string of the molecule is CN1CC(c2nnc([C@]34CN(c5ccc(C#N)c6ncccc56)C[C@@]3(C(F)(F)F)C4)o2)C1. The number of piperidine rings is 1. The van der Waals surface area contributed by atoms with Crippen LogP contribution in [0.25, 0.3) is 10.9 Å². The number of likely N-dealkylation sites (N-methyl/N-ethyl adjacent to an activating group) is 1. The number of nitrogens with zero attached hydrogens (tertiary/aromatic N) is 6. The van der Waals surface area contributed by atoms with Gasteiger partial charge in [-0.1, -0.05) is 0 Å². The predicted molar refractivity (Wildman–Crippen MR) is 108 cm³/mol. The molecule has 10 heteroatoms. The van der Waals surface area contributed by atoms with Crippen LogP contribution in [0.1, 0.15) is 29.7 Å². The van der Waals surface area contributed by atoms with E-state index in [1.165, 1.54) is 0 Å². The molecule has 2 saturated heterocycles. The lowest BCUT2D eigenvalue weighted by Crippen LogP contribution is -2.41. The van der Waals surface area contributed by atoms with Gasteiger partial charge in [0.2, 0.25) is 11.8 Å². The Balaban J connectivity index is 1.41. The van der Waals surface area contributed by atoms with E-state index in [1.54, 1.807) is 35.4 Å². The lowest BCUT2D eigenvalue weighted by Gasteiger charge is -2.33. The van der Waals surface area contributed by atoms with Gasteiger partial charge in [0.25, 0.3) is 0 Å². The minimum atomic E-state index is -4.41. The molecule has 1 saturated carbocycles. The van der Waals surface area contributed by atoms with Crippen LogP contribution in [0.3, 0.4) is 0 Å². The highest BCUT2D eigenvalue weighted by atomic mass is 19.4. The number of aromatic nitrogens is 3. The quantitative estimate of drug-likeness (QED) is 0.619. The maximum absolute atomic E-state index is 14.4. The molecule has 32 heavy (non-hydrogen) atoms. The molecule has 2 aliphatic heterocycles. The fraction of sp³-hybridized carbons (Fsp3) is 0.455. The summed E-state index contributed by atoms with van der Waals surface area (Å²) in [5.41, 5.74) is -1.68. The summed E-state index contributed by atoms with van der Waals surface area (Å²) in [5, 5.41) is 18.2. The summed E-state index contributed by atoms with van der Waals surface area (Å²) in [6.45, 7) is 1.44. The Morgan fingerprint density at radius 2 is 2.00 bits per heavy atom. The highest BCUT2D eigenvalue weighted by molar-refractivity contribution is 5.95. The van der Waals surface area contributed by atoms with Gasteiger partial charge >= 0.3 is 6.18 Å². The van der Waals surface area contributed by atoms with E-state index in [1.807, 2.05) is 7.05 Å². The highest BCUT2D eigenvalue weighted by Crippen LogP contribution is 2.75.